The van der Waals surface area contributed by atoms with E-state index in [9.17, 15) is 0 Å². The highest BCUT2D eigenvalue weighted by Crippen LogP contribution is 2.30. The minimum Gasteiger partial charge on any atom is -0.301 e. The van der Waals surface area contributed by atoms with Gasteiger partial charge in [0.2, 0.25) is 0 Å². The Balaban J connectivity index is 2.93. The molecule has 0 saturated carbocycles. The number of hydrogen-bond acceptors (Lipinski definition) is 3. The van der Waals surface area contributed by atoms with Gasteiger partial charge in [-0.05, 0) is 30.6 Å². The molecule has 5 heteroatoms. The molecule has 2 atom stereocenters. The second-order valence-electron chi connectivity index (χ2n) is 4.01. The van der Waals surface area contributed by atoms with Gasteiger partial charge >= 0.3 is 0 Å². The van der Waals surface area contributed by atoms with E-state index in [1.54, 1.807) is 11.8 Å². The van der Waals surface area contributed by atoms with Crippen LogP contribution in [0.3, 0.4) is 0 Å². The average molecular weight is 293 g/mol. The van der Waals surface area contributed by atoms with Gasteiger partial charge in [-0.1, -0.05) is 37.0 Å². The summed E-state index contributed by atoms with van der Waals surface area (Å²) in [6.45, 7) is 4.28. The van der Waals surface area contributed by atoms with Gasteiger partial charge in [0.05, 0.1) is 10.8 Å². The Hall–Kier alpha value is 0.01000. The third kappa shape index (κ3) is 4.01. The Labute approximate surface area is 117 Å². The van der Waals surface area contributed by atoms with Gasteiger partial charge in [-0.2, -0.15) is 0 Å². The quantitative estimate of drug-likeness (QED) is 0.596. The third-order valence-corrected chi connectivity index (χ3v) is 4.64. The van der Waals surface area contributed by atoms with Gasteiger partial charge in [-0.15, -0.1) is 11.8 Å². The van der Waals surface area contributed by atoms with E-state index in [2.05, 4.69) is 18.8 Å². The van der Waals surface area contributed by atoms with E-state index in [4.69, 9.17) is 28.6 Å². The standard InChI is InChI=1S/C12H18Cl2N2S/c1-3-5-17-12-8(4-2)6-9(7-13)10(15)11(14)16-12/h7-8,11,15H,3-6H2,1-2H3/b9-7-,15-10?. The fraction of sp³-hybridized carbons (Fsp3) is 0.667. The summed E-state index contributed by atoms with van der Waals surface area (Å²) in [4.78, 5) is 4.47. The molecule has 1 aliphatic rings. The maximum atomic E-state index is 7.92. The molecule has 0 aliphatic carbocycles. The number of alkyl halides is 1. The van der Waals surface area contributed by atoms with Crippen molar-refractivity contribution in [3.63, 3.8) is 0 Å². The van der Waals surface area contributed by atoms with E-state index < -0.39 is 5.50 Å². The predicted molar refractivity (Wildman–Crippen MR) is 79.9 cm³/mol. The first kappa shape index (κ1) is 15.1. The van der Waals surface area contributed by atoms with Crippen molar-refractivity contribution in [3.05, 3.63) is 11.1 Å². The number of thioether (sulfide) groups is 1. The number of halogens is 2. The third-order valence-electron chi connectivity index (χ3n) is 2.72. The molecule has 0 aromatic heterocycles. The smallest absolute Gasteiger partial charge is 0.166 e. The van der Waals surface area contributed by atoms with Crippen molar-refractivity contribution in [2.45, 2.75) is 38.6 Å². The Morgan fingerprint density at radius 3 is 2.76 bits per heavy atom. The van der Waals surface area contributed by atoms with Crippen molar-refractivity contribution < 1.29 is 0 Å². The highest BCUT2D eigenvalue weighted by atomic mass is 35.5. The van der Waals surface area contributed by atoms with Crippen molar-refractivity contribution in [3.8, 4) is 0 Å². The minimum atomic E-state index is -0.587. The summed E-state index contributed by atoms with van der Waals surface area (Å²) in [6, 6.07) is 0. The summed E-state index contributed by atoms with van der Waals surface area (Å²) >= 11 is 13.6. The van der Waals surface area contributed by atoms with Crippen LogP contribution in [-0.2, 0) is 0 Å². The molecule has 0 aromatic rings. The topological polar surface area (TPSA) is 36.2 Å². The van der Waals surface area contributed by atoms with E-state index in [-0.39, 0.29) is 0 Å². The molecule has 1 N–H and O–H groups in total. The van der Waals surface area contributed by atoms with Crippen LogP contribution in [0.5, 0.6) is 0 Å². The van der Waals surface area contributed by atoms with Crippen LogP contribution < -0.4 is 0 Å². The van der Waals surface area contributed by atoms with Gasteiger partial charge in [-0.25, -0.2) is 0 Å². The maximum Gasteiger partial charge on any atom is 0.166 e. The zero-order valence-corrected chi connectivity index (χ0v) is 12.5. The Morgan fingerprint density at radius 2 is 2.24 bits per heavy atom. The molecule has 0 fully saturated rings. The van der Waals surface area contributed by atoms with Gasteiger partial charge in [0.15, 0.2) is 5.50 Å². The molecule has 2 nitrogen and oxygen atoms in total. The second-order valence-corrected chi connectivity index (χ2v) is 5.76. The summed E-state index contributed by atoms with van der Waals surface area (Å²) in [7, 11) is 0. The van der Waals surface area contributed by atoms with Crippen molar-refractivity contribution in [2.24, 2.45) is 10.9 Å². The maximum absolute atomic E-state index is 7.92. The number of rotatable bonds is 3. The molecule has 2 unspecified atom stereocenters. The monoisotopic (exact) mass is 292 g/mol. The lowest BCUT2D eigenvalue weighted by Gasteiger charge is -2.15. The number of aliphatic imine (C=N–C) groups is 1. The summed E-state index contributed by atoms with van der Waals surface area (Å²) in [6.07, 6.45) is 2.89. The first-order valence-electron chi connectivity index (χ1n) is 5.86. The van der Waals surface area contributed by atoms with Crippen LogP contribution in [0.4, 0.5) is 0 Å². The van der Waals surface area contributed by atoms with Gasteiger partial charge in [0.1, 0.15) is 0 Å². The van der Waals surface area contributed by atoms with E-state index in [1.165, 1.54) is 5.54 Å². The summed E-state index contributed by atoms with van der Waals surface area (Å²) in [5.74, 6) is 1.40. The molecule has 17 heavy (non-hydrogen) atoms. The SMILES string of the molecule is CCCSC1=NC(Cl)C(=N)/C(=C\Cl)CC1CC. The number of nitrogens with zero attached hydrogens (tertiary/aromatic N) is 1. The van der Waals surface area contributed by atoms with Crippen LogP contribution in [0.15, 0.2) is 16.1 Å². The first-order chi connectivity index (χ1) is 8.13. The van der Waals surface area contributed by atoms with Gasteiger partial charge < -0.3 is 5.41 Å². The molecule has 1 heterocycles. The molecule has 96 valence electrons. The van der Waals surface area contributed by atoms with Crippen molar-refractivity contribution in [2.75, 3.05) is 5.75 Å². The molecule has 0 amide bonds. The Kier molecular flexibility index (Phi) is 6.60. The highest BCUT2D eigenvalue weighted by molar-refractivity contribution is 8.14. The van der Waals surface area contributed by atoms with Crippen molar-refractivity contribution in [1.29, 1.82) is 5.41 Å². The van der Waals surface area contributed by atoms with Crippen molar-refractivity contribution in [1.82, 2.24) is 0 Å². The fourth-order valence-corrected chi connectivity index (χ4v) is 3.27. The molecular weight excluding hydrogens is 275 g/mol. The van der Waals surface area contributed by atoms with Gasteiger partial charge in [-0.3, -0.25) is 4.99 Å². The van der Waals surface area contributed by atoms with Crippen LogP contribution in [-0.4, -0.2) is 22.0 Å². The van der Waals surface area contributed by atoms with E-state index in [0.29, 0.717) is 11.6 Å². The number of hydrogen-bond donors (Lipinski definition) is 1. The lowest BCUT2D eigenvalue weighted by molar-refractivity contribution is 0.680. The summed E-state index contributed by atoms with van der Waals surface area (Å²) < 4.78 is 0. The second kappa shape index (κ2) is 7.45. The van der Waals surface area contributed by atoms with Gasteiger partial charge in [0.25, 0.3) is 0 Å². The molecule has 0 aromatic carbocycles. The Bertz CT molecular complexity index is 339. The van der Waals surface area contributed by atoms with Crippen LogP contribution in [0.25, 0.3) is 0 Å². The van der Waals surface area contributed by atoms with E-state index in [1.807, 2.05) is 0 Å². The van der Waals surface area contributed by atoms with Crippen LogP contribution >= 0.6 is 35.0 Å². The average Bonchev–Trinajstić information content (AvgIpc) is 2.45. The molecule has 0 spiro atoms. The predicted octanol–water partition coefficient (Wildman–Crippen LogP) is 4.67. The normalized spacial score (nSPS) is 28.1. The lowest BCUT2D eigenvalue weighted by Crippen LogP contribution is -2.12. The fourth-order valence-electron chi connectivity index (χ4n) is 1.68. The Morgan fingerprint density at radius 1 is 1.53 bits per heavy atom. The van der Waals surface area contributed by atoms with Crippen molar-refractivity contribution >= 4 is 45.7 Å². The largest absolute Gasteiger partial charge is 0.301 e. The number of nitrogens with one attached hydrogen (secondary N) is 1. The minimum absolute atomic E-state index is 0.340. The molecule has 0 bridgehead atoms. The molecule has 1 rings (SSSR count). The highest BCUT2D eigenvalue weighted by Gasteiger charge is 2.26. The first-order valence-corrected chi connectivity index (χ1v) is 7.72. The van der Waals surface area contributed by atoms with Crippen LogP contribution in [0.2, 0.25) is 0 Å². The zero-order valence-electron chi connectivity index (χ0n) is 10.2. The van der Waals surface area contributed by atoms with Crippen LogP contribution in [0, 0.1) is 11.3 Å². The van der Waals surface area contributed by atoms with E-state index >= 15 is 0 Å². The molecule has 0 saturated heterocycles. The van der Waals surface area contributed by atoms with E-state index in [0.717, 1.165) is 35.6 Å². The lowest BCUT2D eigenvalue weighted by atomic mass is 9.97. The van der Waals surface area contributed by atoms with Crippen LogP contribution in [0.1, 0.15) is 33.1 Å². The summed E-state index contributed by atoms with van der Waals surface area (Å²) in [5.41, 5.74) is 2.04. The zero-order chi connectivity index (χ0) is 12.8. The van der Waals surface area contributed by atoms with Gasteiger partial charge in [0, 0.05) is 11.5 Å². The molecule has 0 radical (unpaired) electrons. The molecular formula is C12H18Cl2N2S. The summed E-state index contributed by atoms with van der Waals surface area (Å²) in [5, 5.41) is 9.00. The molecule has 1 aliphatic heterocycles.